The van der Waals surface area contributed by atoms with Gasteiger partial charge in [-0.05, 0) is 40.8 Å². The van der Waals surface area contributed by atoms with Gasteiger partial charge < -0.3 is 20.4 Å². The van der Waals surface area contributed by atoms with Crippen LogP contribution in [0.15, 0.2) is 0 Å². The van der Waals surface area contributed by atoms with Gasteiger partial charge in [-0.2, -0.15) is 0 Å². The molecule has 18 heavy (non-hydrogen) atoms. The van der Waals surface area contributed by atoms with Crippen molar-refractivity contribution in [3.8, 4) is 0 Å². The van der Waals surface area contributed by atoms with Crippen LogP contribution in [0.4, 0.5) is 0 Å². The SMILES string of the molecule is CC1CN(C)CC(CCC2CN(C)C(C)CN2)N1. The van der Waals surface area contributed by atoms with Gasteiger partial charge in [-0.25, -0.2) is 0 Å². The highest BCUT2D eigenvalue weighted by Gasteiger charge is 2.25. The van der Waals surface area contributed by atoms with Gasteiger partial charge in [-0.15, -0.1) is 0 Å². The summed E-state index contributed by atoms with van der Waals surface area (Å²) in [6.07, 6.45) is 2.57. The lowest BCUT2D eigenvalue weighted by molar-refractivity contribution is 0.155. The van der Waals surface area contributed by atoms with Crippen molar-refractivity contribution in [3.05, 3.63) is 0 Å². The summed E-state index contributed by atoms with van der Waals surface area (Å²) in [6, 6.07) is 2.66. The van der Waals surface area contributed by atoms with Crippen molar-refractivity contribution in [1.82, 2.24) is 20.4 Å². The van der Waals surface area contributed by atoms with E-state index in [9.17, 15) is 0 Å². The minimum Gasteiger partial charge on any atom is -0.311 e. The van der Waals surface area contributed by atoms with Gasteiger partial charge in [0.15, 0.2) is 0 Å². The van der Waals surface area contributed by atoms with E-state index in [0.29, 0.717) is 24.2 Å². The van der Waals surface area contributed by atoms with Gasteiger partial charge in [0.1, 0.15) is 0 Å². The fourth-order valence-electron chi connectivity index (χ4n) is 3.28. The van der Waals surface area contributed by atoms with Gasteiger partial charge in [-0.1, -0.05) is 0 Å². The van der Waals surface area contributed by atoms with Crippen LogP contribution in [0.25, 0.3) is 0 Å². The van der Waals surface area contributed by atoms with Crippen molar-refractivity contribution >= 4 is 0 Å². The lowest BCUT2D eigenvalue weighted by Crippen LogP contribution is -2.56. The molecule has 0 aromatic carbocycles. The number of piperazine rings is 2. The van der Waals surface area contributed by atoms with Gasteiger partial charge in [0.2, 0.25) is 0 Å². The van der Waals surface area contributed by atoms with Crippen LogP contribution in [0.2, 0.25) is 0 Å². The summed E-state index contributed by atoms with van der Waals surface area (Å²) < 4.78 is 0. The molecule has 2 saturated heterocycles. The first-order valence-electron chi connectivity index (χ1n) is 7.43. The second kappa shape index (κ2) is 6.33. The molecule has 106 valence electrons. The number of nitrogens with one attached hydrogen (secondary N) is 2. The van der Waals surface area contributed by atoms with E-state index in [1.54, 1.807) is 0 Å². The maximum Gasteiger partial charge on any atom is 0.0198 e. The van der Waals surface area contributed by atoms with Crippen LogP contribution in [-0.4, -0.2) is 74.2 Å². The van der Waals surface area contributed by atoms with Crippen LogP contribution < -0.4 is 10.6 Å². The average molecular weight is 254 g/mol. The number of rotatable bonds is 3. The number of likely N-dealkylation sites (N-methyl/N-ethyl adjacent to an activating group) is 2. The molecule has 0 aliphatic carbocycles. The Labute approximate surface area is 112 Å². The van der Waals surface area contributed by atoms with Crippen molar-refractivity contribution in [2.24, 2.45) is 0 Å². The van der Waals surface area contributed by atoms with E-state index in [2.05, 4.69) is 48.4 Å². The molecule has 2 aliphatic heterocycles. The molecule has 4 nitrogen and oxygen atoms in total. The summed E-state index contributed by atoms with van der Waals surface area (Å²) in [5, 5.41) is 7.40. The molecule has 4 unspecified atom stereocenters. The standard InChI is InChI=1S/C14H30N4/c1-11-8-17(3)9-14(16-11)6-5-13-10-18(4)12(2)7-15-13/h11-16H,5-10H2,1-4H3. The number of hydrogen-bond acceptors (Lipinski definition) is 4. The predicted octanol–water partition coefficient (Wildman–Crippen LogP) is 0.351. The van der Waals surface area contributed by atoms with Gasteiger partial charge in [0.05, 0.1) is 0 Å². The van der Waals surface area contributed by atoms with Crippen molar-refractivity contribution in [3.63, 3.8) is 0 Å². The Hall–Kier alpha value is -0.160. The third-order valence-electron chi connectivity index (χ3n) is 4.46. The zero-order chi connectivity index (χ0) is 13.1. The fraction of sp³-hybridized carbons (Fsp3) is 1.00. The summed E-state index contributed by atoms with van der Waals surface area (Å²) in [5.41, 5.74) is 0. The molecule has 2 fully saturated rings. The monoisotopic (exact) mass is 254 g/mol. The third kappa shape index (κ3) is 3.92. The van der Waals surface area contributed by atoms with E-state index in [4.69, 9.17) is 0 Å². The Bertz CT molecular complexity index is 248. The zero-order valence-electron chi connectivity index (χ0n) is 12.4. The molecule has 2 rings (SSSR count). The molecule has 0 aromatic heterocycles. The molecule has 2 N–H and O–H groups in total. The number of hydrogen-bond donors (Lipinski definition) is 2. The van der Waals surface area contributed by atoms with Gasteiger partial charge in [0.25, 0.3) is 0 Å². The lowest BCUT2D eigenvalue weighted by atomic mass is 10.0. The lowest BCUT2D eigenvalue weighted by Gasteiger charge is -2.39. The quantitative estimate of drug-likeness (QED) is 0.761. The number of nitrogens with zero attached hydrogens (tertiary/aromatic N) is 2. The Balaban J connectivity index is 1.71. The second-order valence-corrected chi connectivity index (χ2v) is 6.46. The molecule has 2 aliphatic rings. The van der Waals surface area contributed by atoms with Crippen molar-refractivity contribution < 1.29 is 0 Å². The van der Waals surface area contributed by atoms with E-state index < -0.39 is 0 Å². The van der Waals surface area contributed by atoms with E-state index in [1.807, 2.05) is 0 Å². The van der Waals surface area contributed by atoms with Crippen LogP contribution in [-0.2, 0) is 0 Å². The molecule has 4 heteroatoms. The molecule has 0 spiro atoms. The van der Waals surface area contributed by atoms with Crippen molar-refractivity contribution in [2.45, 2.75) is 50.9 Å². The van der Waals surface area contributed by atoms with Gasteiger partial charge >= 0.3 is 0 Å². The summed E-state index contributed by atoms with van der Waals surface area (Å²) in [6.45, 7) is 9.29. The van der Waals surface area contributed by atoms with E-state index in [-0.39, 0.29) is 0 Å². The maximum absolute atomic E-state index is 3.72. The van der Waals surface area contributed by atoms with Crippen LogP contribution in [0.5, 0.6) is 0 Å². The first kappa shape index (κ1) is 14.3. The van der Waals surface area contributed by atoms with E-state index >= 15 is 0 Å². The highest BCUT2D eigenvalue weighted by Crippen LogP contribution is 2.12. The molecule has 0 saturated carbocycles. The van der Waals surface area contributed by atoms with E-state index in [0.717, 1.165) is 6.54 Å². The fourth-order valence-corrected chi connectivity index (χ4v) is 3.28. The molecule has 4 atom stereocenters. The van der Waals surface area contributed by atoms with Crippen LogP contribution in [0.3, 0.4) is 0 Å². The minimum atomic E-state index is 0.635. The van der Waals surface area contributed by atoms with Crippen LogP contribution in [0.1, 0.15) is 26.7 Å². The summed E-state index contributed by atoms with van der Waals surface area (Å²) >= 11 is 0. The van der Waals surface area contributed by atoms with Crippen molar-refractivity contribution in [1.29, 1.82) is 0 Å². The maximum atomic E-state index is 3.72. The Morgan fingerprint density at radius 2 is 1.72 bits per heavy atom. The van der Waals surface area contributed by atoms with Gasteiger partial charge in [0, 0.05) is 50.3 Å². The summed E-state index contributed by atoms with van der Waals surface area (Å²) in [5.74, 6) is 0. The van der Waals surface area contributed by atoms with Crippen LogP contribution >= 0.6 is 0 Å². The Morgan fingerprint density at radius 1 is 1.00 bits per heavy atom. The molecular weight excluding hydrogens is 224 g/mol. The summed E-state index contributed by atoms with van der Waals surface area (Å²) in [4.78, 5) is 4.93. The highest BCUT2D eigenvalue weighted by molar-refractivity contribution is 4.86. The van der Waals surface area contributed by atoms with E-state index in [1.165, 1.54) is 32.5 Å². The van der Waals surface area contributed by atoms with Crippen LogP contribution in [0, 0.1) is 0 Å². The smallest absolute Gasteiger partial charge is 0.0198 e. The third-order valence-corrected chi connectivity index (χ3v) is 4.46. The highest BCUT2D eigenvalue weighted by atomic mass is 15.2. The average Bonchev–Trinajstić information content (AvgIpc) is 2.29. The predicted molar refractivity (Wildman–Crippen MR) is 77.0 cm³/mol. The molecule has 0 bridgehead atoms. The Kier molecular flexibility index (Phi) is 5.01. The summed E-state index contributed by atoms with van der Waals surface area (Å²) in [7, 11) is 4.48. The minimum absolute atomic E-state index is 0.635. The zero-order valence-corrected chi connectivity index (χ0v) is 12.4. The van der Waals surface area contributed by atoms with Gasteiger partial charge in [-0.3, -0.25) is 0 Å². The topological polar surface area (TPSA) is 30.5 Å². The van der Waals surface area contributed by atoms with Crippen molar-refractivity contribution in [2.75, 3.05) is 40.3 Å². The largest absolute Gasteiger partial charge is 0.311 e. The molecule has 0 amide bonds. The molecular formula is C14H30N4. The molecule has 0 aromatic rings. The normalized spacial score (nSPS) is 40.0. The first-order chi connectivity index (χ1) is 8.54. The first-order valence-corrected chi connectivity index (χ1v) is 7.43. The Morgan fingerprint density at radius 3 is 2.39 bits per heavy atom. The second-order valence-electron chi connectivity index (χ2n) is 6.46. The molecule has 2 heterocycles. The molecule has 0 radical (unpaired) electrons.